The number of phosphoric acid groups is 2. The summed E-state index contributed by atoms with van der Waals surface area (Å²) < 4.78 is 76.9. The number of fused-ring (bicyclic) bond motifs is 4. The lowest BCUT2D eigenvalue weighted by Gasteiger charge is -2.29. The highest BCUT2D eigenvalue weighted by molar-refractivity contribution is 7.47. The van der Waals surface area contributed by atoms with E-state index in [0.29, 0.717) is 0 Å². The van der Waals surface area contributed by atoms with Gasteiger partial charge in [0.1, 0.15) is 36.3 Å². The first-order chi connectivity index (χ1) is 20.9. The third-order valence-electron chi connectivity index (χ3n) is 7.28. The molecule has 236 valence electrons. The Kier molecular flexibility index (Phi) is 7.05. The van der Waals surface area contributed by atoms with Crippen LogP contribution >= 0.6 is 15.6 Å². The number of aromatic nitrogens is 8. The number of rotatable bonds is 2. The second kappa shape index (κ2) is 10.6. The quantitative estimate of drug-likeness (QED) is 0.166. The van der Waals surface area contributed by atoms with Crippen LogP contribution in [0.25, 0.3) is 22.3 Å². The average Bonchev–Trinajstić information content (AvgIpc) is 3.72. The maximum Gasteiger partial charge on any atom is 0.472 e. The molecule has 3 saturated heterocycles. The average molecular weight is 660 g/mol. The van der Waals surface area contributed by atoms with Gasteiger partial charge < -0.3 is 35.3 Å². The van der Waals surface area contributed by atoms with E-state index in [1.54, 1.807) is 0 Å². The Labute approximate surface area is 243 Å². The maximum absolute atomic E-state index is 15.9. The van der Waals surface area contributed by atoms with Crippen molar-refractivity contribution >= 4 is 49.7 Å². The van der Waals surface area contributed by atoms with E-state index in [1.165, 1.54) is 17.2 Å². The number of nitrogens with one attached hydrogen (secondary N) is 1. The van der Waals surface area contributed by atoms with Crippen LogP contribution < -0.4 is 17.0 Å². The van der Waals surface area contributed by atoms with Crippen LogP contribution in [0.3, 0.4) is 0 Å². The molecule has 0 radical (unpaired) electrons. The molecule has 0 spiro atoms. The number of imidazole rings is 2. The Hall–Kier alpha value is -3.43. The van der Waals surface area contributed by atoms with Crippen LogP contribution in [-0.4, -0.2) is 99.2 Å². The number of hydrogen-bond acceptors (Lipinski definition) is 16. The molecule has 3 aliphatic rings. The molecule has 7 N–H and O–H groups in total. The van der Waals surface area contributed by atoms with Crippen LogP contribution in [-0.2, 0) is 36.7 Å². The van der Waals surface area contributed by atoms with Gasteiger partial charge in [0, 0.05) is 0 Å². The smallest absolute Gasteiger partial charge is 0.382 e. The zero-order valence-corrected chi connectivity index (χ0v) is 23.8. The molecular weight excluding hydrogens is 637 g/mol. The standard InChI is InChI=1S/C20H23FN10O11P2/c21-10-14-9(40-19(10)31-6-27-12-17(31)28-20(23)29-18(12)32)3-39-43(33,34)41-13-7(1-37-8(13)2-38-44(35,36)42-14)30-5-26-11-15(22)24-4-25-16(11)30/h4-10,13-14,19H,1-3H2,(H,33,34)(H,35,36)(H2,22,24,25)(H3,23,28,29,32)/t7-,8-,9-,10-,13+,14-,19-/m1/s1. The first-order valence-electron chi connectivity index (χ1n) is 12.8. The van der Waals surface area contributed by atoms with Crippen LogP contribution in [0, 0.1) is 0 Å². The molecule has 4 aromatic heterocycles. The van der Waals surface area contributed by atoms with Crippen molar-refractivity contribution in [2.75, 3.05) is 31.3 Å². The van der Waals surface area contributed by atoms with Crippen LogP contribution in [0.1, 0.15) is 12.3 Å². The minimum atomic E-state index is -5.03. The Morgan fingerprint density at radius 1 is 0.909 bits per heavy atom. The number of nitrogens with two attached hydrogens (primary N) is 2. The van der Waals surface area contributed by atoms with Crippen molar-refractivity contribution in [2.24, 2.45) is 0 Å². The number of halogens is 1. The molecule has 0 aliphatic carbocycles. The molecular formula is C20H23FN10O11P2. The first-order valence-corrected chi connectivity index (χ1v) is 15.8. The van der Waals surface area contributed by atoms with Crippen molar-refractivity contribution in [3.63, 3.8) is 0 Å². The number of H-pyrrole nitrogens is 1. The van der Waals surface area contributed by atoms with Crippen molar-refractivity contribution in [2.45, 2.75) is 42.9 Å². The van der Waals surface area contributed by atoms with Gasteiger partial charge in [-0.3, -0.25) is 32.4 Å². The zero-order chi connectivity index (χ0) is 31.0. The summed E-state index contributed by atoms with van der Waals surface area (Å²) in [5, 5.41) is 0. The molecule has 21 nitrogen and oxygen atoms in total. The number of nitrogens with zero attached hydrogens (tertiary/aromatic N) is 7. The van der Waals surface area contributed by atoms with Gasteiger partial charge >= 0.3 is 15.6 Å². The molecule has 9 atom stereocenters. The van der Waals surface area contributed by atoms with Crippen LogP contribution in [0.15, 0.2) is 23.8 Å². The fraction of sp³-hybridized carbons (Fsp3) is 0.500. The normalized spacial score (nSPS) is 36.6. The van der Waals surface area contributed by atoms with Crippen LogP contribution in [0.4, 0.5) is 16.2 Å². The molecule has 0 aromatic carbocycles. The number of aromatic amines is 1. The summed E-state index contributed by atoms with van der Waals surface area (Å²) in [4.78, 5) is 55.7. The number of anilines is 2. The van der Waals surface area contributed by atoms with Crippen molar-refractivity contribution in [3.05, 3.63) is 29.3 Å². The number of ether oxygens (including phenoxy) is 2. The molecule has 0 saturated carbocycles. The first kappa shape index (κ1) is 29.3. The predicted octanol–water partition coefficient (Wildman–Crippen LogP) is -0.683. The SMILES string of the molecule is Nc1nc2c(ncn2[C@@H]2O[C@@H]3COP(=O)(O)O[C@H]4[C@H](n5cnc6c(N)ncnc65)CO[C@@H]4COP(=O)(O)O[C@H]3[C@H]2F)c(=O)[nH]1. The minimum Gasteiger partial charge on any atom is -0.382 e. The van der Waals surface area contributed by atoms with E-state index in [4.69, 9.17) is 39.0 Å². The van der Waals surface area contributed by atoms with Gasteiger partial charge in [0.25, 0.3) is 5.56 Å². The van der Waals surface area contributed by atoms with Gasteiger partial charge in [0.2, 0.25) is 5.95 Å². The fourth-order valence-electron chi connectivity index (χ4n) is 5.30. The van der Waals surface area contributed by atoms with Gasteiger partial charge in [0.15, 0.2) is 35.0 Å². The molecule has 0 bridgehead atoms. The van der Waals surface area contributed by atoms with Gasteiger partial charge in [0.05, 0.1) is 38.5 Å². The Morgan fingerprint density at radius 2 is 1.59 bits per heavy atom. The highest BCUT2D eigenvalue weighted by Crippen LogP contribution is 2.54. The summed E-state index contributed by atoms with van der Waals surface area (Å²) in [5.41, 5.74) is 10.9. The van der Waals surface area contributed by atoms with Crippen LogP contribution in [0.2, 0.25) is 0 Å². The zero-order valence-electron chi connectivity index (χ0n) is 22.0. The lowest BCUT2D eigenvalue weighted by molar-refractivity contribution is -0.0584. The van der Waals surface area contributed by atoms with Gasteiger partial charge in [-0.25, -0.2) is 33.5 Å². The van der Waals surface area contributed by atoms with Gasteiger partial charge in [-0.15, -0.1) is 0 Å². The Bertz CT molecular complexity index is 1900. The number of hydrogen-bond donors (Lipinski definition) is 5. The van der Waals surface area contributed by atoms with E-state index in [-0.39, 0.29) is 40.7 Å². The van der Waals surface area contributed by atoms with Gasteiger partial charge in [-0.1, -0.05) is 0 Å². The summed E-state index contributed by atoms with van der Waals surface area (Å²) in [6.07, 6.45) is -6.23. The highest BCUT2D eigenvalue weighted by Gasteiger charge is 2.53. The van der Waals surface area contributed by atoms with Gasteiger partial charge in [-0.2, -0.15) is 4.98 Å². The summed E-state index contributed by atoms with van der Waals surface area (Å²) in [6, 6.07) is -0.860. The van der Waals surface area contributed by atoms with Crippen molar-refractivity contribution in [1.29, 1.82) is 0 Å². The van der Waals surface area contributed by atoms with Crippen LogP contribution in [0.5, 0.6) is 0 Å². The third kappa shape index (κ3) is 5.08. The lowest BCUT2D eigenvalue weighted by Crippen LogP contribution is -2.37. The van der Waals surface area contributed by atoms with E-state index >= 15 is 4.39 Å². The Morgan fingerprint density at radius 3 is 2.36 bits per heavy atom. The van der Waals surface area contributed by atoms with Crippen molar-refractivity contribution < 1.29 is 50.9 Å². The summed E-state index contributed by atoms with van der Waals surface area (Å²) >= 11 is 0. The fourth-order valence-corrected chi connectivity index (χ4v) is 7.24. The lowest BCUT2D eigenvalue weighted by atomic mass is 10.1. The molecule has 7 rings (SSSR count). The molecule has 3 fully saturated rings. The molecule has 24 heteroatoms. The molecule has 3 aliphatic heterocycles. The molecule has 7 heterocycles. The number of nitrogen functional groups attached to an aromatic ring is 2. The topological polar surface area (TPSA) is 289 Å². The van der Waals surface area contributed by atoms with E-state index < -0.39 is 77.3 Å². The third-order valence-corrected chi connectivity index (χ3v) is 9.25. The molecule has 4 aromatic rings. The van der Waals surface area contributed by atoms with E-state index in [9.17, 15) is 23.7 Å². The summed E-state index contributed by atoms with van der Waals surface area (Å²) in [5.74, 6) is -0.201. The Balaban J connectivity index is 1.19. The van der Waals surface area contributed by atoms with Gasteiger partial charge in [-0.05, 0) is 0 Å². The number of phosphoric ester groups is 2. The van der Waals surface area contributed by atoms with Crippen molar-refractivity contribution in [3.8, 4) is 0 Å². The highest BCUT2D eigenvalue weighted by atomic mass is 31.2. The summed E-state index contributed by atoms with van der Waals surface area (Å²) in [6.45, 7) is -1.66. The number of alkyl halides is 1. The minimum absolute atomic E-state index is 0.0898. The summed E-state index contributed by atoms with van der Waals surface area (Å²) in [7, 11) is -9.99. The maximum atomic E-state index is 15.9. The molecule has 44 heavy (non-hydrogen) atoms. The van der Waals surface area contributed by atoms with Crippen molar-refractivity contribution in [1.82, 2.24) is 39.0 Å². The molecule has 0 amide bonds. The van der Waals surface area contributed by atoms with E-state index in [2.05, 4.69) is 29.9 Å². The largest absolute Gasteiger partial charge is 0.472 e. The van der Waals surface area contributed by atoms with E-state index in [1.807, 2.05) is 0 Å². The van der Waals surface area contributed by atoms with E-state index in [0.717, 1.165) is 10.9 Å². The second-order valence-electron chi connectivity index (χ2n) is 9.98. The monoisotopic (exact) mass is 660 g/mol. The molecule has 2 unspecified atom stereocenters. The second-order valence-corrected chi connectivity index (χ2v) is 12.8. The predicted molar refractivity (Wildman–Crippen MR) is 141 cm³/mol.